The molecule has 0 atom stereocenters. The maximum absolute atomic E-state index is 12.8. The SMILES string of the molecule is Cc1ccc2nc3c(cc2c1)c(NC(=O)c1ccccc1Br)nn3CC(C)C. The van der Waals surface area contributed by atoms with E-state index in [9.17, 15) is 4.79 Å². The van der Waals surface area contributed by atoms with Gasteiger partial charge in [-0.3, -0.25) is 4.79 Å². The Kier molecular flexibility index (Phi) is 4.89. The van der Waals surface area contributed by atoms with E-state index >= 15 is 0 Å². The number of nitrogens with zero attached hydrogens (tertiary/aromatic N) is 3. The van der Waals surface area contributed by atoms with Crippen molar-refractivity contribution >= 4 is 49.6 Å². The van der Waals surface area contributed by atoms with Crippen molar-refractivity contribution in [3.8, 4) is 0 Å². The van der Waals surface area contributed by atoms with Crippen molar-refractivity contribution in [2.45, 2.75) is 27.3 Å². The summed E-state index contributed by atoms with van der Waals surface area (Å²) in [7, 11) is 0. The molecule has 0 spiro atoms. The molecule has 0 bridgehead atoms. The molecule has 2 aromatic heterocycles. The molecule has 2 heterocycles. The van der Waals surface area contributed by atoms with Crippen molar-refractivity contribution in [3.05, 3.63) is 64.1 Å². The maximum Gasteiger partial charge on any atom is 0.258 e. The second kappa shape index (κ2) is 7.36. The number of anilines is 1. The number of aryl methyl sites for hydroxylation is 1. The largest absolute Gasteiger partial charge is 0.304 e. The Morgan fingerprint density at radius 3 is 2.71 bits per heavy atom. The van der Waals surface area contributed by atoms with Crippen LogP contribution in [0.1, 0.15) is 29.8 Å². The molecule has 28 heavy (non-hydrogen) atoms. The Hall–Kier alpha value is -2.73. The third-order valence-electron chi connectivity index (χ3n) is 4.56. The number of pyridine rings is 1. The third kappa shape index (κ3) is 3.52. The fourth-order valence-electron chi connectivity index (χ4n) is 3.26. The molecule has 0 aliphatic heterocycles. The van der Waals surface area contributed by atoms with Crippen LogP contribution < -0.4 is 5.32 Å². The van der Waals surface area contributed by atoms with Gasteiger partial charge in [0, 0.05) is 16.4 Å². The first kappa shape index (κ1) is 18.6. The van der Waals surface area contributed by atoms with E-state index < -0.39 is 0 Å². The van der Waals surface area contributed by atoms with Crippen LogP contribution in [0.3, 0.4) is 0 Å². The number of halogens is 1. The van der Waals surface area contributed by atoms with Crippen molar-refractivity contribution in [2.75, 3.05) is 5.32 Å². The monoisotopic (exact) mass is 436 g/mol. The molecular weight excluding hydrogens is 416 g/mol. The van der Waals surface area contributed by atoms with Crippen LogP contribution in [0, 0.1) is 12.8 Å². The summed E-state index contributed by atoms with van der Waals surface area (Å²) < 4.78 is 2.63. The number of hydrogen-bond acceptors (Lipinski definition) is 3. The van der Waals surface area contributed by atoms with Gasteiger partial charge < -0.3 is 5.32 Å². The molecule has 0 unspecified atom stereocenters. The van der Waals surface area contributed by atoms with Crippen LogP contribution >= 0.6 is 15.9 Å². The molecular formula is C22H21BrN4O. The van der Waals surface area contributed by atoms with Gasteiger partial charge in [-0.15, -0.1) is 0 Å². The smallest absolute Gasteiger partial charge is 0.258 e. The van der Waals surface area contributed by atoms with Crippen LogP contribution in [0.2, 0.25) is 0 Å². The third-order valence-corrected chi connectivity index (χ3v) is 5.25. The molecule has 5 nitrogen and oxygen atoms in total. The summed E-state index contributed by atoms with van der Waals surface area (Å²) >= 11 is 3.44. The minimum Gasteiger partial charge on any atom is -0.304 e. The summed E-state index contributed by atoms with van der Waals surface area (Å²) in [6, 6.07) is 15.6. The number of hydrogen-bond donors (Lipinski definition) is 1. The van der Waals surface area contributed by atoms with Crippen LogP contribution in [0.15, 0.2) is 53.0 Å². The molecule has 0 radical (unpaired) electrons. The number of benzene rings is 2. The fourth-order valence-corrected chi connectivity index (χ4v) is 3.73. The highest BCUT2D eigenvalue weighted by atomic mass is 79.9. The second-order valence-electron chi connectivity index (χ2n) is 7.41. The highest BCUT2D eigenvalue weighted by Crippen LogP contribution is 2.28. The molecule has 0 saturated heterocycles. The zero-order valence-corrected chi connectivity index (χ0v) is 17.6. The van der Waals surface area contributed by atoms with Gasteiger partial charge in [0.15, 0.2) is 11.5 Å². The average Bonchev–Trinajstić information content (AvgIpc) is 2.96. The molecule has 1 N–H and O–H groups in total. The fraction of sp³-hybridized carbons (Fsp3) is 0.227. The van der Waals surface area contributed by atoms with E-state index in [-0.39, 0.29) is 5.91 Å². The van der Waals surface area contributed by atoms with Gasteiger partial charge in [-0.25, -0.2) is 9.67 Å². The highest BCUT2D eigenvalue weighted by molar-refractivity contribution is 9.10. The topological polar surface area (TPSA) is 59.8 Å². The van der Waals surface area contributed by atoms with E-state index in [2.05, 4.69) is 65.3 Å². The molecule has 6 heteroatoms. The molecule has 0 aliphatic carbocycles. The van der Waals surface area contributed by atoms with Crippen LogP contribution in [0.25, 0.3) is 21.9 Å². The van der Waals surface area contributed by atoms with E-state index in [1.54, 1.807) is 6.07 Å². The average molecular weight is 437 g/mol. The molecule has 4 rings (SSSR count). The molecule has 0 aliphatic rings. The maximum atomic E-state index is 12.8. The minimum absolute atomic E-state index is 0.201. The lowest BCUT2D eigenvalue weighted by molar-refractivity contribution is 0.102. The van der Waals surface area contributed by atoms with Crippen molar-refractivity contribution in [1.29, 1.82) is 0 Å². The van der Waals surface area contributed by atoms with Gasteiger partial charge >= 0.3 is 0 Å². The zero-order valence-electron chi connectivity index (χ0n) is 16.0. The first-order valence-corrected chi connectivity index (χ1v) is 10.1. The first-order chi connectivity index (χ1) is 13.4. The normalized spacial score (nSPS) is 11.5. The minimum atomic E-state index is -0.201. The van der Waals surface area contributed by atoms with Crippen LogP contribution in [-0.2, 0) is 6.54 Å². The highest BCUT2D eigenvalue weighted by Gasteiger charge is 2.18. The number of fused-ring (bicyclic) bond motifs is 2. The van der Waals surface area contributed by atoms with Crippen LogP contribution in [-0.4, -0.2) is 20.7 Å². The van der Waals surface area contributed by atoms with Gasteiger partial charge in [0.25, 0.3) is 5.91 Å². The standard InChI is InChI=1S/C22H21BrN4O/c1-13(2)12-27-21-17(11-15-10-14(3)8-9-19(15)24-21)20(26-27)25-22(28)16-6-4-5-7-18(16)23/h4-11,13H,12H2,1-3H3,(H,25,26,28). The van der Waals surface area contributed by atoms with Gasteiger partial charge in [0.05, 0.1) is 16.5 Å². The Balaban J connectivity index is 1.84. The summed E-state index contributed by atoms with van der Waals surface area (Å²) in [6.07, 6.45) is 0. The molecule has 4 aromatic rings. The summed E-state index contributed by atoms with van der Waals surface area (Å²) in [5, 5.41) is 9.53. The van der Waals surface area contributed by atoms with E-state index in [4.69, 9.17) is 4.98 Å². The van der Waals surface area contributed by atoms with Crippen molar-refractivity contribution < 1.29 is 4.79 Å². The lowest BCUT2D eigenvalue weighted by atomic mass is 10.1. The van der Waals surface area contributed by atoms with Crippen molar-refractivity contribution in [1.82, 2.24) is 14.8 Å². The van der Waals surface area contributed by atoms with E-state index in [0.29, 0.717) is 17.3 Å². The quantitative estimate of drug-likeness (QED) is 0.455. The molecule has 2 aromatic carbocycles. The van der Waals surface area contributed by atoms with E-state index in [1.165, 1.54) is 5.56 Å². The summed E-state index contributed by atoms with van der Waals surface area (Å²) in [4.78, 5) is 17.6. The lowest BCUT2D eigenvalue weighted by Crippen LogP contribution is -2.14. The van der Waals surface area contributed by atoms with Gasteiger partial charge in [-0.05, 0) is 59.1 Å². The van der Waals surface area contributed by atoms with Crippen LogP contribution in [0.5, 0.6) is 0 Å². The molecule has 0 saturated carbocycles. The zero-order chi connectivity index (χ0) is 19.8. The Labute approximate surface area is 171 Å². The number of amides is 1. The summed E-state index contributed by atoms with van der Waals surface area (Å²) in [5.41, 5.74) is 3.44. The number of carbonyl (C=O) groups is 1. The number of aromatic nitrogens is 3. The Bertz CT molecular complexity index is 1200. The van der Waals surface area contributed by atoms with E-state index in [1.807, 2.05) is 28.9 Å². The summed E-state index contributed by atoms with van der Waals surface area (Å²) in [5.74, 6) is 0.741. The predicted molar refractivity (Wildman–Crippen MR) is 117 cm³/mol. The predicted octanol–water partition coefficient (Wildman–Crippen LogP) is 5.56. The number of carbonyl (C=O) groups excluding carboxylic acids is 1. The van der Waals surface area contributed by atoms with Gasteiger partial charge in [-0.1, -0.05) is 37.6 Å². The Morgan fingerprint density at radius 1 is 1.18 bits per heavy atom. The second-order valence-corrected chi connectivity index (χ2v) is 8.27. The Morgan fingerprint density at radius 2 is 1.96 bits per heavy atom. The van der Waals surface area contributed by atoms with Crippen molar-refractivity contribution in [2.24, 2.45) is 5.92 Å². The summed E-state index contributed by atoms with van der Waals surface area (Å²) in [6.45, 7) is 7.06. The van der Waals surface area contributed by atoms with Gasteiger partial charge in [-0.2, -0.15) is 5.10 Å². The number of nitrogens with one attached hydrogen (secondary N) is 1. The van der Waals surface area contributed by atoms with E-state index in [0.717, 1.165) is 33.0 Å². The van der Waals surface area contributed by atoms with Gasteiger partial charge in [0.1, 0.15) is 0 Å². The van der Waals surface area contributed by atoms with Crippen molar-refractivity contribution in [3.63, 3.8) is 0 Å². The van der Waals surface area contributed by atoms with Gasteiger partial charge in [0.2, 0.25) is 0 Å². The lowest BCUT2D eigenvalue weighted by Gasteiger charge is -2.06. The molecule has 1 amide bonds. The number of rotatable bonds is 4. The molecule has 142 valence electrons. The molecule has 0 fully saturated rings. The van der Waals surface area contributed by atoms with Crippen LogP contribution in [0.4, 0.5) is 5.82 Å². The first-order valence-electron chi connectivity index (χ1n) is 9.26.